The first-order valence-corrected chi connectivity index (χ1v) is 8.45. The first kappa shape index (κ1) is 18.5. The van der Waals surface area contributed by atoms with Gasteiger partial charge in [-0.2, -0.15) is 0 Å². The van der Waals surface area contributed by atoms with Crippen molar-refractivity contribution in [3.8, 4) is 5.75 Å². The van der Waals surface area contributed by atoms with Crippen LogP contribution in [0.5, 0.6) is 5.75 Å². The van der Waals surface area contributed by atoms with Gasteiger partial charge in [0.1, 0.15) is 5.75 Å². The van der Waals surface area contributed by atoms with E-state index in [-0.39, 0.29) is 11.8 Å². The molecular formula is C19H31NO2. The van der Waals surface area contributed by atoms with Crippen LogP contribution in [0.2, 0.25) is 0 Å². The Labute approximate surface area is 135 Å². The molecule has 0 aliphatic heterocycles. The van der Waals surface area contributed by atoms with Crippen LogP contribution in [0.15, 0.2) is 24.3 Å². The van der Waals surface area contributed by atoms with Gasteiger partial charge in [-0.15, -0.1) is 0 Å². The molecule has 0 saturated heterocycles. The molecule has 1 aromatic carbocycles. The van der Waals surface area contributed by atoms with Crippen LogP contribution in [-0.4, -0.2) is 31.0 Å². The van der Waals surface area contributed by atoms with Gasteiger partial charge in [0.05, 0.1) is 7.11 Å². The lowest BCUT2D eigenvalue weighted by molar-refractivity contribution is -0.132. The fourth-order valence-electron chi connectivity index (χ4n) is 2.81. The van der Waals surface area contributed by atoms with Crippen LogP contribution in [0, 0.1) is 5.92 Å². The summed E-state index contributed by atoms with van der Waals surface area (Å²) in [4.78, 5) is 14.6. The van der Waals surface area contributed by atoms with Gasteiger partial charge in [0.25, 0.3) is 0 Å². The largest absolute Gasteiger partial charge is 0.497 e. The third-order valence-corrected chi connectivity index (χ3v) is 4.08. The molecule has 1 unspecified atom stereocenters. The summed E-state index contributed by atoms with van der Waals surface area (Å²) in [5, 5.41) is 0. The Morgan fingerprint density at radius 2 is 1.64 bits per heavy atom. The van der Waals surface area contributed by atoms with Crippen molar-refractivity contribution in [3.05, 3.63) is 29.8 Å². The quantitative estimate of drug-likeness (QED) is 0.673. The van der Waals surface area contributed by atoms with Crippen LogP contribution in [0.3, 0.4) is 0 Å². The molecule has 3 heteroatoms. The van der Waals surface area contributed by atoms with Crippen molar-refractivity contribution in [2.75, 3.05) is 20.2 Å². The van der Waals surface area contributed by atoms with Gasteiger partial charge in [0.15, 0.2) is 0 Å². The molecule has 0 bridgehead atoms. The van der Waals surface area contributed by atoms with Gasteiger partial charge in [-0.25, -0.2) is 0 Å². The number of hydrogen-bond donors (Lipinski definition) is 0. The summed E-state index contributed by atoms with van der Waals surface area (Å²) in [5.41, 5.74) is 1.22. The smallest absolute Gasteiger partial charge is 0.223 e. The second-order valence-corrected chi connectivity index (χ2v) is 6.21. The first-order chi connectivity index (χ1) is 10.5. The summed E-state index contributed by atoms with van der Waals surface area (Å²) in [5.74, 6) is 1.83. The number of benzene rings is 1. The highest BCUT2D eigenvalue weighted by Gasteiger charge is 2.22. The minimum absolute atomic E-state index is 0.259. The molecule has 1 atom stereocenters. The van der Waals surface area contributed by atoms with E-state index in [2.05, 4.69) is 39.8 Å². The molecular weight excluding hydrogens is 274 g/mol. The normalized spacial score (nSPS) is 12.3. The van der Waals surface area contributed by atoms with E-state index in [4.69, 9.17) is 4.74 Å². The van der Waals surface area contributed by atoms with Gasteiger partial charge in [-0.3, -0.25) is 4.79 Å². The second-order valence-electron chi connectivity index (χ2n) is 6.21. The Bertz CT molecular complexity index is 433. The summed E-state index contributed by atoms with van der Waals surface area (Å²) in [6.07, 6.45) is 2.62. The average molecular weight is 305 g/mol. The molecule has 124 valence electrons. The van der Waals surface area contributed by atoms with E-state index in [0.717, 1.165) is 31.7 Å². The third kappa shape index (κ3) is 5.36. The lowest BCUT2D eigenvalue weighted by Crippen LogP contribution is -2.34. The SMILES string of the molecule is CCCN(CCC)C(=O)CC(c1ccc(OC)cc1)C(C)C. The molecule has 0 saturated carbocycles. The van der Waals surface area contributed by atoms with Gasteiger partial charge in [0.2, 0.25) is 5.91 Å². The number of carbonyl (C=O) groups excluding carboxylic acids is 1. The molecule has 0 spiro atoms. The molecule has 1 rings (SSSR count). The standard InChI is InChI=1S/C19H31NO2/c1-6-12-20(13-7-2)19(21)14-18(15(3)4)16-8-10-17(22-5)11-9-16/h8-11,15,18H,6-7,12-14H2,1-5H3. The Kier molecular flexibility index (Phi) is 8.00. The number of amides is 1. The molecule has 1 aromatic rings. The highest BCUT2D eigenvalue weighted by atomic mass is 16.5. The maximum Gasteiger partial charge on any atom is 0.223 e. The molecule has 0 N–H and O–H groups in total. The zero-order valence-corrected chi connectivity index (χ0v) is 14.8. The van der Waals surface area contributed by atoms with Gasteiger partial charge >= 0.3 is 0 Å². The predicted octanol–water partition coefficient (Wildman–Crippen LogP) is 4.47. The van der Waals surface area contributed by atoms with Gasteiger partial charge in [-0.05, 0) is 42.4 Å². The van der Waals surface area contributed by atoms with Crippen LogP contribution >= 0.6 is 0 Å². The number of carbonyl (C=O) groups is 1. The van der Waals surface area contributed by atoms with Crippen molar-refractivity contribution >= 4 is 5.91 Å². The Morgan fingerprint density at radius 3 is 2.05 bits per heavy atom. The lowest BCUT2D eigenvalue weighted by atomic mass is 9.85. The van der Waals surface area contributed by atoms with E-state index in [1.54, 1.807) is 7.11 Å². The van der Waals surface area contributed by atoms with E-state index in [0.29, 0.717) is 12.3 Å². The number of nitrogens with zero attached hydrogens (tertiary/aromatic N) is 1. The summed E-state index contributed by atoms with van der Waals surface area (Å²) in [6, 6.07) is 8.12. The fourth-order valence-corrected chi connectivity index (χ4v) is 2.81. The van der Waals surface area contributed by atoms with Crippen molar-refractivity contribution < 1.29 is 9.53 Å². The van der Waals surface area contributed by atoms with Crippen molar-refractivity contribution in [3.63, 3.8) is 0 Å². The first-order valence-electron chi connectivity index (χ1n) is 8.45. The molecule has 0 radical (unpaired) electrons. The highest BCUT2D eigenvalue weighted by Crippen LogP contribution is 2.30. The Hall–Kier alpha value is -1.51. The van der Waals surface area contributed by atoms with Gasteiger partial charge < -0.3 is 9.64 Å². The average Bonchev–Trinajstić information content (AvgIpc) is 2.52. The summed E-state index contributed by atoms with van der Waals surface area (Å²) in [7, 11) is 1.67. The fraction of sp³-hybridized carbons (Fsp3) is 0.632. The summed E-state index contributed by atoms with van der Waals surface area (Å²) in [6.45, 7) is 10.3. The van der Waals surface area contributed by atoms with Crippen LogP contribution in [0.4, 0.5) is 0 Å². The highest BCUT2D eigenvalue weighted by molar-refractivity contribution is 5.77. The molecule has 0 aliphatic rings. The van der Waals surface area contributed by atoms with E-state index in [9.17, 15) is 4.79 Å². The van der Waals surface area contributed by atoms with Crippen LogP contribution in [0.25, 0.3) is 0 Å². The second kappa shape index (κ2) is 9.50. The zero-order valence-electron chi connectivity index (χ0n) is 14.8. The van der Waals surface area contributed by atoms with Gasteiger partial charge in [0, 0.05) is 19.5 Å². The number of hydrogen-bond acceptors (Lipinski definition) is 2. The van der Waals surface area contributed by atoms with Crippen molar-refractivity contribution in [2.24, 2.45) is 5.92 Å². The minimum atomic E-state index is 0.259. The van der Waals surface area contributed by atoms with Gasteiger partial charge in [-0.1, -0.05) is 39.8 Å². The summed E-state index contributed by atoms with van der Waals surface area (Å²) >= 11 is 0. The maximum absolute atomic E-state index is 12.6. The molecule has 22 heavy (non-hydrogen) atoms. The van der Waals surface area contributed by atoms with E-state index in [1.807, 2.05) is 17.0 Å². The van der Waals surface area contributed by atoms with Crippen molar-refractivity contribution in [1.29, 1.82) is 0 Å². The topological polar surface area (TPSA) is 29.5 Å². The number of methoxy groups -OCH3 is 1. The van der Waals surface area contributed by atoms with Crippen LogP contribution in [-0.2, 0) is 4.79 Å². The molecule has 0 heterocycles. The summed E-state index contributed by atoms with van der Waals surface area (Å²) < 4.78 is 5.22. The third-order valence-electron chi connectivity index (χ3n) is 4.08. The van der Waals surface area contributed by atoms with Crippen LogP contribution < -0.4 is 4.74 Å². The zero-order chi connectivity index (χ0) is 16.5. The predicted molar refractivity (Wildman–Crippen MR) is 92.4 cm³/mol. The van der Waals surface area contributed by atoms with Crippen molar-refractivity contribution in [2.45, 2.75) is 52.9 Å². The molecule has 0 aliphatic carbocycles. The van der Waals surface area contributed by atoms with Crippen molar-refractivity contribution in [1.82, 2.24) is 4.90 Å². The van der Waals surface area contributed by atoms with E-state index in [1.165, 1.54) is 5.56 Å². The molecule has 0 fully saturated rings. The number of ether oxygens (including phenoxy) is 1. The van der Waals surface area contributed by atoms with Crippen LogP contribution in [0.1, 0.15) is 58.4 Å². The van der Waals surface area contributed by atoms with E-state index >= 15 is 0 Å². The molecule has 1 amide bonds. The lowest BCUT2D eigenvalue weighted by Gasteiger charge is -2.27. The number of rotatable bonds is 9. The minimum Gasteiger partial charge on any atom is -0.497 e. The monoisotopic (exact) mass is 305 g/mol. The molecule has 3 nitrogen and oxygen atoms in total. The van der Waals surface area contributed by atoms with E-state index < -0.39 is 0 Å². The Morgan fingerprint density at radius 1 is 1.09 bits per heavy atom. The Balaban J connectivity index is 2.83. The maximum atomic E-state index is 12.6. The molecule has 0 aromatic heterocycles.